The van der Waals surface area contributed by atoms with Crippen LogP contribution in [0.3, 0.4) is 0 Å². The smallest absolute Gasteiger partial charge is 0.241 e. The predicted molar refractivity (Wildman–Crippen MR) is 91.1 cm³/mol. The van der Waals surface area contributed by atoms with Gasteiger partial charge in [-0.1, -0.05) is 30.5 Å². The van der Waals surface area contributed by atoms with E-state index in [9.17, 15) is 13.2 Å². The molecule has 1 aliphatic rings. The second kappa shape index (κ2) is 7.01. The highest BCUT2D eigenvalue weighted by atomic mass is 32.2. The maximum absolute atomic E-state index is 13.1. The molecule has 2 rings (SSSR count). The molecule has 0 saturated heterocycles. The number of nitrogens with one attached hydrogen (secondary N) is 2. The molecular formula is C17H26N2O3S. The van der Waals surface area contributed by atoms with Crippen molar-refractivity contribution in [3.05, 3.63) is 29.8 Å². The van der Waals surface area contributed by atoms with Crippen LogP contribution in [0.2, 0.25) is 0 Å². The molecule has 1 atom stereocenters. The third kappa shape index (κ3) is 3.43. The summed E-state index contributed by atoms with van der Waals surface area (Å²) in [4.78, 5) is 13.0. The fourth-order valence-corrected chi connectivity index (χ4v) is 5.10. The molecule has 0 spiro atoms. The molecule has 128 valence electrons. The molecule has 1 fully saturated rings. The van der Waals surface area contributed by atoms with Gasteiger partial charge in [-0.05, 0) is 45.9 Å². The molecule has 0 bridgehead atoms. The first-order valence-corrected chi connectivity index (χ1v) is 9.59. The minimum absolute atomic E-state index is 0.0967. The summed E-state index contributed by atoms with van der Waals surface area (Å²) in [5.41, 5.74) is 0.997. The predicted octanol–water partition coefficient (Wildman–Crippen LogP) is 1.81. The zero-order valence-electron chi connectivity index (χ0n) is 14.1. The SMILES string of the molecule is CNC(C)CNC(=O)C1(S(=O)(=O)c2ccc(C)cc2)CCCC1. The third-order valence-corrected chi connectivity index (χ3v) is 7.25. The fraction of sp³-hybridized carbons (Fsp3) is 0.588. The number of aryl methyl sites for hydroxylation is 1. The number of rotatable bonds is 6. The van der Waals surface area contributed by atoms with Crippen LogP contribution in [0.25, 0.3) is 0 Å². The normalized spacial score (nSPS) is 18.6. The number of hydrogen-bond donors (Lipinski definition) is 2. The van der Waals surface area contributed by atoms with Crippen LogP contribution in [0.1, 0.15) is 38.2 Å². The molecule has 23 heavy (non-hydrogen) atoms. The van der Waals surface area contributed by atoms with Gasteiger partial charge < -0.3 is 10.6 Å². The van der Waals surface area contributed by atoms with Crippen molar-refractivity contribution < 1.29 is 13.2 Å². The van der Waals surface area contributed by atoms with E-state index in [2.05, 4.69) is 10.6 Å². The fourth-order valence-electron chi connectivity index (χ4n) is 3.02. The number of amides is 1. The first-order chi connectivity index (χ1) is 10.8. The zero-order chi connectivity index (χ0) is 17.1. The van der Waals surface area contributed by atoms with Gasteiger partial charge in [0, 0.05) is 12.6 Å². The number of carbonyl (C=O) groups excluding carboxylic acids is 1. The van der Waals surface area contributed by atoms with Crippen LogP contribution in [0.15, 0.2) is 29.2 Å². The molecule has 1 amide bonds. The summed E-state index contributed by atoms with van der Waals surface area (Å²) in [5.74, 6) is -0.363. The Kier molecular flexibility index (Phi) is 5.47. The van der Waals surface area contributed by atoms with E-state index >= 15 is 0 Å². The van der Waals surface area contributed by atoms with Crippen molar-refractivity contribution >= 4 is 15.7 Å². The number of carbonyl (C=O) groups is 1. The Morgan fingerprint density at radius 2 is 1.78 bits per heavy atom. The molecule has 1 unspecified atom stereocenters. The Labute approximate surface area is 138 Å². The van der Waals surface area contributed by atoms with Crippen LogP contribution in [-0.2, 0) is 14.6 Å². The van der Waals surface area contributed by atoms with Gasteiger partial charge in [0.05, 0.1) is 4.90 Å². The van der Waals surface area contributed by atoms with E-state index in [1.807, 2.05) is 20.9 Å². The molecule has 1 aromatic rings. The van der Waals surface area contributed by atoms with E-state index in [4.69, 9.17) is 0 Å². The van der Waals surface area contributed by atoms with Crippen LogP contribution in [0.4, 0.5) is 0 Å². The van der Waals surface area contributed by atoms with E-state index in [-0.39, 0.29) is 16.8 Å². The number of benzene rings is 1. The second-order valence-electron chi connectivity index (χ2n) is 6.42. The van der Waals surface area contributed by atoms with Crippen molar-refractivity contribution in [1.82, 2.24) is 10.6 Å². The van der Waals surface area contributed by atoms with E-state index < -0.39 is 14.6 Å². The molecular weight excluding hydrogens is 312 g/mol. The number of sulfone groups is 1. The molecule has 2 N–H and O–H groups in total. The Hall–Kier alpha value is -1.40. The molecule has 1 aliphatic carbocycles. The summed E-state index contributed by atoms with van der Waals surface area (Å²) >= 11 is 0. The van der Waals surface area contributed by atoms with Gasteiger partial charge in [-0.25, -0.2) is 8.42 Å². The van der Waals surface area contributed by atoms with Gasteiger partial charge >= 0.3 is 0 Å². The third-order valence-electron chi connectivity index (χ3n) is 4.73. The van der Waals surface area contributed by atoms with Gasteiger partial charge in [0.15, 0.2) is 14.6 Å². The van der Waals surface area contributed by atoms with Crippen molar-refractivity contribution in [1.29, 1.82) is 0 Å². The van der Waals surface area contributed by atoms with Crippen molar-refractivity contribution in [2.75, 3.05) is 13.6 Å². The molecule has 6 heteroatoms. The minimum Gasteiger partial charge on any atom is -0.353 e. The Balaban J connectivity index is 2.32. The van der Waals surface area contributed by atoms with Gasteiger partial charge in [0.1, 0.15) is 0 Å². The quantitative estimate of drug-likeness (QED) is 0.829. The van der Waals surface area contributed by atoms with Crippen LogP contribution < -0.4 is 10.6 Å². The van der Waals surface area contributed by atoms with Crippen LogP contribution in [-0.4, -0.2) is 38.7 Å². The summed E-state index contributed by atoms with van der Waals surface area (Å²) in [6.45, 7) is 4.27. The highest BCUT2D eigenvalue weighted by molar-refractivity contribution is 7.93. The Morgan fingerprint density at radius 3 is 2.30 bits per heavy atom. The van der Waals surface area contributed by atoms with Crippen molar-refractivity contribution in [2.45, 2.75) is 55.2 Å². The molecule has 0 radical (unpaired) electrons. The van der Waals surface area contributed by atoms with Gasteiger partial charge in [-0.2, -0.15) is 0 Å². The minimum atomic E-state index is -3.70. The highest BCUT2D eigenvalue weighted by Gasteiger charge is 2.52. The van der Waals surface area contributed by atoms with E-state index in [0.29, 0.717) is 19.4 Å². The lowest BCUT2D eigenvalue weighted by molar-refractivity contribution is -0.123. The number of likely N-dealkylation sites (N-methyl/N-ethyl adjacent to an activating group) is 1. The molecule has 0 aromatic heterocycles. The van der Waals surface area contributed by atoms with Crippen LogP contribution >= 0.6 is 0 Å². The standard InChI is InChI=1S/C17H26N2O3S/c1-13-6-8-15(9-7-13)23(21,22)17(10-4-5-11-17)16(20)19-12-14(2)18-3/h6-9,14,18H,4-5,10-12H2,1-3H3,(H,19,20). The van der Waals surface area contributed by atoms with E-state index in [1.165, 1.54) is 0 Å². The first kappa shape index (κ1) is 17.9. The maximum atomic E-state index is 13.1. The van der Waals surface area contributed by atoms with Crippen LogP contribution in [0, 0.1) is 6.92 Å². The van der Waals surface area contributed by atoms with Gasteiger partial charge in [-0.3, -0.25) is 4.79 Å². The molecule has 1 saturated carbocycles. The summed E-state index contributed by atoms with van der Waals surface area (Å²) in [6, 6.07) is 6.86. The van der Waals surface area contributed by atoms with Gasteiger partial charge in [-0.15, -0.1) is 0 Å². The summed E-state index contributed by atoms with van der Waals surface area (Å²) < 4.78 is 25.0. The number of hydrogen-bond acceptors (Lipinski definition) is 4. The van der Waals surface area contributed by atoms with Crippen molar-refractivity contribution in [3.8, 4) is 0 Å². The average Bonchev–Trinajstić information content (AvgIpc) is 3.04. The maximum Gasteiger partial charge on any atom is 0.241 e. The monoisotopic (exact) mass is 338 g/mol. The van der Waals surface area contributed by atoms with Crippen molar-refractivity contribution in [3.63, 3.8) is 0 Å². The largest absolute Gasteiger partial charge is 0.353 e. The Morgan fingerprint density at radius 1 is 1.22 bits per heavy atom. The molecule has 5 nitrogen and oxygen atoms in total. The van der Waals surface area contributed by atoms with Crippen molar-refractivity contribution in [2.24, 2.45) is 0 Å². The second-order valence-corrected chi connectivity index (χ2v) is 8.68. The first-order valence-electron chi connectivity index (χ1n) is 8.10. The summed E-state index contributed by atoms with van der Waals surface area (Å²) in [7, 11) is -1.89. The zero-order valence-corrected chi connectivity index (χ0v) is 14.9. The lowest BCUT2D eigenvalue weighted by atomic mass is 10.1. The lowest BCUT2D eigenvalue weighted by Gasteiger charge is -2.28. The average molecular weight is 338 g/mol. The highest BCUT2D eigenvalue weighted by Crippen LogP contribution is 2.40. The topological polar surface area (TPSA) is 75.3 Å². The van der Waals surface area contributed by atoms with E-state index in [1.54, 1.807) is 24.3 Å². The molecule has 1 aromatic carbocycles. The van der Waals surface area contributed by atoms with Gasteiger partial charge in [0.25, 0.3) is 0 Å². The summed E-state index contributed by atoms with van der Waals surface area (Å²) in [5, 5.41) is 5.86. The molecule has 0 aliphatic heterocycles. The summed E-state index contributed by atoms with van der Waals surface area (Å²) in [6.07, 6.45) is 2.31. The molecule has 0 heterocycles. The van der Waals surface area contributed by atoms with Crippen LogP contribution in [0.5, 0.6) is 0 Å². The Bertz CT molecular complexity index is 647. The van der Waals surface area contributed by atoms with E-state index in [0.717, 1.165) is 18.4 Å². The van der Waals surface area contributed by atoms with Gasteiger partial charge in [0.2, 0.25) is 5.91 Å². The lowest BCUT2D eigenvalue weighted by Crippen LogP contribution is -2.52.